The maximum absolute atomic E-state index is 11.8. The van der Waals surface area contributed by atoms with Crippen LogP contribution in [0.3, 0.4) is 0 Å². The Morgan fingerprint density at radius 1 is 1.15 bits per heavy atom. The van der Waals surface area contributed by atoms with Gasteiger partial charge in [0, 0.05) is 19.2 Å². The molecule has 0 bridgehead atoms. The lowest BCUT2D eigenvalue weighted by Crippen LogP contribution is -2.26. The molecule has 20 heavy (non-hydrogen) atoms. The first-order valence-corrected chi connectivity index (χ1v) is 6.42. The van der Waals surface area contributed by atoms with E-state index in [1.807, 2.05) is 7.05 Å². The molecule has 0 heterocycles. The van der Waals surface area contributed by atoms with Crippen LogP contribution in [0.1, 0.15) is 16.8 Å². The van der Waals surface area contributed by atoms with Gasteiger partial charge >= 0.3 is 0 Å². The average molecular weight is 303 g/mol. The molecule has 0 radical (unpaired) electrons. The molecule has 0 aliphatic rings. The predicted molar refractivity (Wildman–Crippen MR) is 81.9 cm³/mol. The molecule has 114 valence electrons. The summed E-state index contributed by atoms with van der Waals surface area (Å²) < 4.78 is 10.3. The van der Waals surface area contributed by atoms with Crippen molar-refractivity contribution in [1.82, 2.24) is 10.6 Å². The lowest BCUT2D eigenvalue weighted by atomic mass is 10.2. The summed E-state index contributed by atoms with van der Waals surface area (Å²) in [5.41, 5.74) is 0.642. The third-order valence-electron chi connectivity index (χ3n) is 2.56. The lowest BCUT2D eigenvalue weighted by Gasteiger charge is -2.07. The van der Waals surface area contributed by atoms with Gasteiger partial charge in [0.1, 0.15) is 12.4 Å². The summed E-state index contributed by atoms with van der Waals surface area (Å²) in [5.74, 6) is 0.684. The molecule has 2 N–H and O–H groups in total. The maximum Gasteiger partial charge on any atom is 0.251 e. The fraction of sp³-hybridized carbons (Fsp3) is 0.500. The number of hydrogen-bond donors (Lipinski definition) is 2. The fourth-order valence-corrected chi connectivity index (χ4v) is 1.51. The second kappa shape index (κ2) is 11.5. The number of methoxy groups -OCH3 is 1. The maximum atomic E-state index is 11.8. The van der Waals surface area contributed by atoms with Crippen LogP contribution in [0.5, 0.6) is 5.75 Å². The standard InChI is InChI=1S/C14H22N2O3.ClH/c1-15-8-3-9-16-14(17)12-4-6-13(7-5-12)19-11-10-18-2;/h4-7,15H,3,8-11H2,1-2H3,(H,16,17);1H. The van der Waals surface area contributed by atoms with E-state index in [-0.39, 0.29) is 18.3 Å². The molecule has 1 rings (SSSR count). The second-order valence-electron chi connectivity index (χ2n) is 4.08. The highest BCUT2D eigenvalue weighted by Crippen LogP contribution is 2.11. The van der Waals surface area contributed by atoms with Crippen LogP contribution in [0.2, 0.25) is 0 Å². The summed E-state index contributed by atoms with van der Waals surface area (Å²) >= 11 is 0. The van der Waals surface area contributed by atoms with Crippen LogP contribution in [-0.4, -0.2) is 46.4 Å². The van der Waals surface area contributed by atoms with Crippen molar-refractivity contribution in [1.29, 1.82) is 0 Å². The normalized spacial score (nSPS) is 9.70. The Labute approximate surface area is 126 Å². The van der Waals surface area contributed by atoms with Gasteiger partial charge in [-0.2, -0.15) is 0 Å². The zero-order valence-corrected chi connectivity index (χ0v) is 12.8. The minimum absolute atomic E-state index is 0. The first kappa shape index (κ1) is 18.7. The smallest absolute Gasteiger partial charge is 0.251 e. The molecule has 0 unspecified atom stereocenters. The van der Waals surface area contributed by atoms with E-state index in [9.17, 15) is 4.79 Å². The van der Waals surface area contributed by atoms with Crippen LogP contribution in [0.4, 0.5) is 0 Å². The fourth-order valence-electron chi connectivity index (χ4n) is 1.51. The number of benzene rings is 1. The Morgan fingerprint density at radius 3 is 2.45 bits per heavy atom. The Balaban J connectivity index is 0.00000361. The van der Waals surface area contributed by atoms with Crippen molar-refractivity contribution in [3.63, 3.8) is 0 Å². The summed E-state index contributed by atoms with van der Waals surface area (Å²) in [6, 6.07) is 7.10. The summed E-state index contributed by atoms with van der Waals surface area (Å²) in [7, 11) is 3.52. The number of hydrogen-bond acceptors (Lipinski definition) is 4. The Bertz CT molecular complexity index is 371. The van der Waals surface area contributed by atoms with Crippen molar-refractivity contribution >= 4 is 18.3 Å². The van der Waals surface area contributed by atoms with Crippen LogP contribution in [0.25, 0.3) is 0 Å². The van der Waals surface area contributed by atoms with Crippen LogP contribution in [0, 0.1) is 0 Å². The summed E-state index contributed by atoms with van der Waals surface area (Å²) in [5, 5.41) is 5.90. The van der Waals surface area contributed by atoms with Gasteiger partial charge in [-0.3, -0.25) is 4.79 Å². The largest absolute Gasteiger partial charge is 0.491 e. The van der Waals surface area contributed by atoms with Gasteiger partial charge in [-0.05, 0) is 44.3 Å². The van der Waals surface area contributed by atoms with Crippen LogP contribution >= 0.6 is 12.4 Å². The molecule has 0 saturated heterocycles. The summed E-state index contributed by atoms with van der Waals surface area (Å²) in [4.78, 5) is 11.8. The van der Waals surface area contributed by atoms with Crippen molar-refractivity contribution in [3.8, 4) is 5.75 Å². The Hall–Kier alpha value is -1.30. The SMILES string of the molecule is CNCCCNC(=O)c1ccc(OCCOC)cc1.Cl. The quantitative estimate of drug-likeness (QED) is 0.678. The van der Waals surface area contributed by atoms with Crippen LogP contribution < -0.4 is 15.4 Å². The van der Waals surface area contributed by atoms with Gasteiger partial charge in [0.25, 0.3) is 5.91 Å². The van der Waals surface area contributed by atoms with E-state index in [1.54, 1.807) is 31.4 Å². The van der Waals surface area contributed by atoms with Gasteiger partial charge in [-0.15, -0.1) is 12.4 Å². The number of carbonyl (C=O) groups is 1. The molecule has 1 amide bonds. The van der Waals surface area contributed by atoms with Crippen LogP contribution in [0.15, 0.2) is 24.3 Å². The van der Waals surface area contributed by atoms with Crippen molar-refractivity contribution in [2.45, 2.75) is 6.42 Å². The van der Waals surface area contributed by atoms with Gasteiger partial charge in [0.05, 0.1) is 6.61 Å². The summed E-state index contributed by atoms with van der Waals surface area (Å²) in [6.45, 7) is 2.62. The van der Waals surface area contributed by atoms with E-state index in [1.165, 1.54) is 0 Å². The number of carbonyl (C=O) groups excluding carboxylic acids is 1. The van der Waals surface area contributed by atoms with E-state index in [0.717, 1.165) is 18.7 Å². The van der Waals surface area contributed by atoms with Crippen molar-refractivity contribution in [2.24, 2.45) is 0 Å². The van der Waals surface area contributed by atoms with E-state index in [0.29, 0.717) is 25.3 Å². The number of ether oxygens (including phenoxy) is 2. The van der Waals surface area contributed by atoms with Crippen molar-refractivity contribution in [2.75, 3.05) is 40.5 Å². The molecule has 1 aromatic carbocycles. The first-order valence-electron chi connectivity index (χ1n) is 6.42. The summed E-state index contributed by atoms with van der Waals surface area (Å²) in [6.07, 6.45) is 0.917. The van der Waals surface area contributed by atoms with Gasteiger partial charge in [0.2, 0.25) is 0 Å². The van der Waals surface area contributed by atoms with E-state index < -0.39 is 0 Å². The van der Waals surface area contributed by atoms with Crippen molar-refractivity contribution in [3.05, 3.63) is 29.8 Å². The molecule has 0 spiro atoms. The molecular formula is C14H23ClN2O3. The number of halogens is 1. The topological polar surface area (TPSA) is 59.6 Å². The van der Waals surface area contributed by atoms with Crippen LogP contribution in [-0.2, 0) is 4.74 Å². The van der Waals surface area contributed by atoms with E-state index in [2.05, 4.69) is 10.6 Å². The third kappa shape index (κ3) is 7.33. The minimum atomic E-state index is -0.0560. The highest BCUT2D eigenvalue weighted by molar-refractivity contribution is 5.94. The second-order valence-corrected chi connectivity index (χ2v) is 4.08. The molecule has 0 saturated carbocycles. The lowest BCUT2D eigenvalue weighted by molar-refractivity contribution is 0.0953. The highest BCUT2D eigenvalue weighted by atomic mass is 35.5. The van der Waals surface area contributed by atoms with E-state index in [4.69, 9.17) is 9.47 Å². The number of rotatable bonds is 9. The third-order valence-corrected chi connectivity index (χ3v) is 2.56. The van der Waals surface area contributed by atoms with Gasteiger partial charge < -0.3 is 20.1 Å². The molecule has 0 aliphatic carbocycles. The molecule has 1 aromatic rings. The number of amides is 1. The minimum Gasteiger partial charge on any atom is -0.491 e. The molecular weight excluding hydrogens is 280 g/mol. The average Bonchev–Trinajstić information content (AvgIpc) is 2.44. The monoisotopic (exact) mass is 302 g/mol. The van der Waals surface area contributed by atoms with Gasteiger partial charge in [0.15, 0.2) is 0 Å². The molecule has 0 fully saturated rings. The number of nitrogens with one attached hydrogen (secondary N) is 2. The van der Waals surface area contributed by atoms with Gasteiger partial charge in [-0.1, -0.05) is 0 Å². The molecule has 6 heteroatoms. The van der Waals surface area contributed by atoms with Crippen molar-refractivity contribution < 1.29 is 14.3 Å². The molecule has 0 aliphatic heterocycles. The molecule has 0 aromatic heterocycles. The zero-order chi connectivity index (χ0) is 13.9. The van der Waals surface area contributed by atoms with E-state index >= 15 is 0 Å². The predicted octanol–water partition coefficient (Wildman–Crippen LogP) is 1.47. The first-order chi connectivity index (χ1) is 9.27. The Kier molecular flexibility index (Phi) is 10.8. The molecule has 0 atom stereocenters. The Morgan fingerprint density at radius 2 is 1.85 bits per heavy atom. The van der Waals surface area contributed by atoms with Gasteiger partial charge in [-0.25, -0.2) is 0 Å². The molecule has 5 nitrogen and oxygen atoms in total. The zero-order valence-electron chi connectivity index (χ0n) is 12.0. The highest BCUT2D eigenvalue weighted by Gasteiger charge is 2.04.